The second kappa shape index (κ2) is 6.78. The normalized spacial score (nSPS) is 11.5. The summed E-state index contributed by atoms with van der Waals surface area (Å²) in [6.07, 6.45) is 4.66. The number of aryl methyl sites for hydroxylation is 2. The minimum atomic E-state index is -3.46. The van der Waals surface area contributed by atoms with E-state index in [-0.39, 0.29) is 4.90 Å². The third-order valence-corrected chi connectivity index (χ3v) is 4.69. The summed E-state index contributed by atoms with van der Waals surface area (Å²) in [4.78, 5) is 0.266. The van der Waals surface area contributed by atoms with Gasteiger partial charge in [-0.05, 0) is 49.2 Å². The first-order valence-corrected chi connectivity index (χ1v) is 8.26. The van der Waals surface area contributed by atoms with Crippen molar-refractivity contribution >= 4 is 10.0 Å². The van der Waals surface area contributed by atoms with Gasteiger partial charge in [0, 0.05) is 25.5 Å². The van der Waals surface area contributed by atoms with Crippen LogP contribution in [0.5, 0.6) is 5.75 Å². The molecule has 2 aromatic rings. The van der Waals surface area contributed by atoms with Crippen LogP contribution < -0.4 is 9.46 Å². The summed E-state index contributed by atoms with van der Waals surface area (Å²) in [7, 11) is -1.90. The summed E-state index contributed by atoms with van der Waals surface area (Å²) in [6, 6.07) is 8.74. The Kier molecular flexibility index (Phi) is 5.03. The van der Waals surface area contributed by atoms with E-state index in [2.05, 4.69) is 4.72 Å². The first kappa shape index (κ1) is 15.6. The van der Waals surface area contributed by atoms with Crippen LogP contribution in [0.4, 0.5) is 0 Å². The summed E-state index contributed by atoms with van der Waals surface area (Å²) in [5.74, 6) is 0.682. The number of nitrogens with zero attached hydrogens (tertiary/aromatic N) is 1. The molecule has 6 heteroatoms. The van der Waals surface area contributed by atoms with Gasteiger partial charge in [-0.2, -0.15) is 0 Å². The molecule has 1 aromatic carbocycles. The summed E-state index contributed by atoms with van der Waals surface area (Å²) >= 11 is 0. The van der Waals surface area contributed by atoms with Crippen LogP contribution in [-0.4, -0.2) is 26.6 Å². The highest BCUT2D eigenvalue weighted by Crippen LogP contribution is 2.21. The van der Waals surface area contributed by atoms with Gasteiger partial charge < -0.3 is 9.30 Å². The summed E-state index contributed by atoms with van der Waals surface area (Å²) < 4.78 is 34.1. The molecule has 1 heterocycles. The van der Waals surface area contributed by atoms with E-state index < -0.39 is 10.0 Å². The lowest BCUT2D eigenvalue weighted by Gasteiger charge is -2.10. The average Bonchev–Trinajstić information content (AvgIpc) is 2.97. The highest BCUT2D eigenvalue weighted by molar-refractivity contribution is 7.89. The molecule has 0 radical (unpaired) electrons. The number of nitrogens with one attached hydrogen (secondary N) is 1. The number of hydrogen-bond acceptors (Lipinski definition) is 3. The monoisotopic (exact) mass is 308 g/mol. The zero-order valence-electron chi connectivity index (χ0n) is 12.2. The van der Waals surface area contributed by atoms with E-state index in [1.54, 1.807) is 25.3 Å². The number of methoxy groups -OCH3 is 1. The van der Waals surface area contributed by atoms with E-state index in [1.165, 1.54) is 0 Å². The van der Waals surface area contributed by atoms with Gasteiger partial charge in [-0.15, -0.1) is 0 Å². The van der Waals surface area contributed by atoms with Crippen LogP contribution in [-0.2, 0) is 16.6 Å². The van der Waals surface area contributed by atoms with Crippen molar-refractivity contribution in [1.29, 1.82) is 0 Å². The van der Waals surface area contributed by atoms with Crippen LogP contribution in [0.2, 0.25) is 0 Å². The molecule has 1 N–H and O–H groups in total. The lowest BCUT2D eigenvalue weighted by Crippen LogP contribution is -2.25. The van der Waals surface area contributed by atoms with Crippen LogP contribution in [0.3, 0.4) is 0 Å². The van der Waals surface area contributed by atoms with E-state index in [0.29, 0.717) is 12.3 Å². The molecule has 0 spiro atoms. The molecule has 1 aromatic heterocycles. The molecule has 0 saturated heterocycles. The van der Waals surface area contributed by atoms with Gasteiger partial charge in [0.2, 0.25) is 10.0 Å². The molecule has 0 aliphatic carbocycles. The number of aromatic nitrogens is 1. The zero-order chi connectivity index (χ0) is 15.3. The van der Waals surface area contributed by atoms with Crippen molar-refractivity contribution in [3.8, 4) is 5.75 Å². The molecule has 114 valence electrons. The Balaban J connectivity index is 1.93. The highest BCUT2D eigenvalue weighted by atomic mass is 32.2. The fourth-order valence-electron chi connectivity index (χ4n) is 2.09. The summed E-state index contributed by atoms with van der Waals surface area (Å²) in [5.41, 5.74) is 0.799. The fourth-order valence-corrected chi connectivity index (χ4v) is 3.25. The molecule has 0 atom stereocenters. The second-order valence-electron chi connectivity index (χ2n) is 4.80. The van der Waals surface area contributed by atoms with Crippen molar-refractivity contribution in [2.45, 2.75) is 24.8 Å². The van der Waals surface area contributed by atoms with Gasteiger partial charge in [-0.3, -0.25) is 0 Å². The summed E-state index contributed by atoms with van der Waals surface area (Å²) in [5, 5.41) is 0. The quantitative estimate of drug-likeness (QED) is 0.798. The maximum absolute atomic E-state index is 12.2. The molecule has 5 nitrogen and oxygen atoms in total. The maximum atomic E-state index is 12.2. The van der Waals surface area contributed by atoms with Crippen molar-refractivity contribution < 1.29 is 13.2 Å². The van der Waals surface area contributed by atoms with Crippen LogP contribution in [0.25, 0.3) is 0 Å². The number of ether oxygens (including phenoxy) is 1. The molecule has 21 heavy (non-hydrogen) atoms. The van der Waals surface area contributed by atoms with Gasteiger partial charge in [-0.25, -0.2) is 13.1 Å². The molecular formula is C15H20N2O3S. The topological polar surface area (TPSA) is 60.3 Å². The summed E-state index contributed by atoms with van der Waals surface area (Å²) in [6.45, 7) is 3.02. The molecule has 0 amide bonds. The van der Waals surface area contributed by atoms with Crippen LogP contribution in [0, 0.1) is 6.92 Å². The Morgan fingerprint density at radius 1 is 1.24 bits per heavy atom. The fraction of sp³-hybridized carbons (Fsp3) is 0.333. The Morgan fingerprint density at radius 2 is 1.95 bits per heavy atom. The number of rotatable bonds is 7. The Morgan fingerprint density at radius 3 is 2.57 bits per heavy atom. The van der Waals surface area contributed by atoms with E-state index in [4.69, 9.17) is 4.74 Å². The molecule has 0 unspecified atom stereocenters. The molecular weight excluding hydrogens is 288 g/mol. The van der Waals surface area contributed by atoms with Crippen molar-refractivity contribution in [3.05, 3.63) is 48.3 Å². The SMILES string of the molecule is COc1ccc(S(=O)(=O)NCCCn2cccc2)cc1C. The maximum Gasteiger partial charge on any atom is 0.240 e. The van der Waals surface area contributed by atoms with Gasteiger partial charge in [0.05, 0.1) is 12.0 Å². The van der Waals surface area contributed by atoms with Crippen molar-refractivity contribution in [1.82, 2.24) is 9.29 Å². The van der Waals surface area contributed by atoms with Gasteiger partial charge in [0.1, 0.15) is 5.75 Å². The Bertz CT molecular complexity index is 679. The third kappa shape index (κ3) is 4.09. The molecule has 0 bridgehead atoms. The third-order valence-electron chi connectivity index (χ3n) is 3.23. The van der Waals surface area contributed by atoms with Crippen LogP contribution in [0.15, 0.2) is 47.6 Å². The molecule has 0 fully saturated rings. The predicted molar refractivity (Wildman–Crippen MR) is 82.0 cm³/mol. The predicted octanol–water partition coefficient (Wildman–Crippen LogP) is 2.17. The lowest BCUT2D eigenvalue weighted by atomic mass is 10.2. The number of sulfonamides is 1. The van der Waals surface area contributed by atoms with Gasteiger partial charge in [0.15, 0.2) is 0 Å². The zero-order valence-corrected chi connectivity index (χ0v) is 13.1. The molecule has 0 saturated carbocycles. The highest BCUT2D eigenvalue weighted by Gasteiger charge is 2.14. The van der Waals surface area contributed by atoms with Crippen molar-refractivity contribution in [2.75, 3.05) is 13.7 Å². The van der Waals surface area contributed by atoms with Crippen molar-refractivity contribution in [3.63, 3.8) is 0 Å². The van der Waals surface area contributed by atoms with Crippen molar-refractivity contribution in [2.24, 2.45) is 0 Å². The Hall–Kier alpha value is -1.79. The average molecular weight is 308 g/mol. The van der Waals surface area contributed by atoms with E-state index >= 15 is 0 Å². The molecule has 2 rings (SSSR count). The van der Waals surface area contributed by atoms with Gasteiger partial charge >= 0.3 is 0 Å². The van der Waals surface area contributed by atoms with Gasteiger partial charge in [0.25, 0.3) is 0 Å². The van der Waals surface area contributed by atoms with Gasteiger partial charge in [-0.1, -0.05) is 0 Å². The standard InChI is InChI=1S/C15H20N2O3S/c1-13-12-14(6-7-15(13)20-2)21(18,19)16-8-5-11-17-9-3-4-10-17/h3-4,6-7,9-10,12,16H,5,8,11H2,1-2H3. The van der Waals surface area contributed by atoms with E-state index in [1.807, 2.05) is 36.0 Å². The first-order valence-electron chi connectivity index (χ1n) is 6.78. The molecule has 0 aliphatic heterocycles. The first-order chi connectivity index (χ1) is 10.0. The van der Waals surface area contributed by atoms with Crippen LogP contribution in [0.1, 0.15) is 12.0 Å². The molecule has 0 aliphatic rings. The largest absolute Gasteiger partial charge is 0.496 e. The number of hydrogen-bond donors (Lipinski definition) is 1. The number of benzene rings is 1. The minimum absolute atomic E-state index is 0.266. The second-order valence-corrected chi connectivity index (χ2v) is 6.57. The minimum Gasteiger partial charge on any atom is -0.496 e. The Labute approximate surface area is 125 Å². The van der Waals surface area contributed by atoms with E-state index in [9.17, 15) is 8.42 Å². The smallest absolute Gasteiger partial charge is 0.240 e. The van der Waals surface area contributed by atoms with E-state index in [0.717, 1.165) is 18.5 Å². The lowest BCUT2D eigenvalue weighted by molar-refractivity contribution is 0.411. The van der Waals surface area contributed by atoms with Crippen LogP contribution >= 0.6 is 0 Å².